The summed E-state index contributed by atoms with van der Waals surface area (Å²) in [6.07, 6.45) is 2.15. The van der Waals surface area contributed by atoms with E-state index in [0.717, 1.165) is 19.3 Å². The van der Waals surface area contributed by atoms with E-state index < -0.39 is 11.9 Å². The highest BCUT2D eigenvalue weighted by atomic mass is 19.1. The molecule has 0 radical (unpaired) electrons. The Kier molecular flexibility index (Phi) is 5.38. The minimum absolute atomic E-state index is 0.0631. The lowest BCUT2D eigenvalue weighted by Gasteiger charge is -2.25. The molecule has 1 unspecified atom stereocenters. The molecule has 2 aliphatic rings. The van der Waals surface area contributed by atoms with Gasteiger partial charge in [-0.1, -0.05) is 29.8 Å². The first-order valence-electron chi connectivity index (χ1n) is 9.88. The van der Waals surface area contributed by atoms with Crippen LogP contribution in [0.3, 0.4) is 0 Å². The number of nitrogens with one attached hydrogen (secondary N) is 1. The quantitative estimate of drug-likeness (QED) is 0.835. The average Bonchev–Trinajstić information content (AvgIpc) is 3.34. The van der Waals surface area contributed by atoms with Gasteiger partial charge in [0.25, 0.3) is 0 Å². The number of cyclic esters (lactones) is 1. The van der Waals surface area contributed by atoms with Crippen LogP contribution in [0.2, 0.25) is 0 Å². The van der Waals surface area contributed by atoms with Crippen molar-refractivity contribution in [3.8, 4) is 0 Å². The third kappa shape index (κ3) is 4.18. The van der Waals surface area contributed by atoms with E-state index in [1.165, 1.54) is 34.2 Å². The van der Waals surface area contributed by atoms with Crippen molar-refractivity contribution >= 4 is 23.5 Å². The summed E-state index contributed by atoms with van der Waals surface area (Å²) in [7, 11) is 0. The van der Waals surface area contributed by atoms with Gasteiger partial charge in [0.2, 0.25) is 0 Å². The van der Waals surface area contributed by atoms with Gasteiger partial charge in [-0.3, -0.25) is 4.90 Å². The molecule has 3 amide bonds. The van der Waals surface area contributed by atoms with E-state index in [4.69, 9.17) is 4.74 Å². The first-order valence-corrected chi connectivity index (χ1v) is 9.88. The highest BCUT2D eigenvalue weighted by Crippen LogP contribution is 2.27. The van der Waals surface area contributed by atoms with Crippen LogP contribution < -0.4 is 10.2 Å². The SMILES string of the molecule is Cc1ccc(CC2CCCN2C(=O)Nc2cc(N3CCOC3=O)ccc2F)cc1. The number of nitrogens with zero attached hydrogens (tertiary/aromatic N) is 2. The number of rotatable bonds is 4. The maximum absolute atomic E-state index is 14.3. The molecule has 2 aliphatic heterocycles. The molecule has 0 saturated carbocycles. The molecule has 0 aliphatic carbocycles. The Morgan fingerprint density at radius 2 is 2.00 bits per heavy atom. The van der Waals surface area contributed by atoms with Gasteiger partial charge in [-0.25, -0.2) is 14.0 Å². The summed E-state index contributed by atoms with van der Waals surface area (Å²) < 4.78 is 19.2. The number of likely N-dealkylation sites (tertiary alicyclic amines) is 1. The maximum atomic E-state index is 14.3. The molecule has 2 fully saturated rings. The molecular formula is C22H24FN3O3. The number of aryl methyl sites for hydroxylation is 1. The average molecular weight is 397 g/mol. The van der Waals surface area contributed by atoms with Gasteiger partial charge in [-0.05, 0) is 49.9 Å². The fourth-order valence-corrected chi connectivity index (χ4v) is 3.90. The molecule has 2 aromatic rings. The molecule has 2 aromatic carbocycles. The molecule has 6 nitrogen and oxygen atoms in total. The monoisotopic (exact) mass is 397 g/mol. The van der Waals surface area contributed by atoms with Gasteiger partial charge in [0.15, 0.2) is 0 Å². The first-order chi connectivity index (χ1) is 14.0. The van der Waals surface area contributed by atoms with E-state index in [1.807, 2.05) is 6.92 Å². The molecule has 0 aromatic heterocycles. The third-order valence-electron chi connectivity index (χ3n) is 5.49. The van der Waals surface area contributed by atoms with Crippen LogP contribution in [0.4, 0.5) is 25.4 Å². The topological polar surface area (TPSA) is 61.9 Å². The predicted octanol–water partition coefficient (Wildman–Crippen LogP) is 4.33. The minimum atomic E-state index is -0.538. The Morgan fingerprint density at radius 1 is 1.21 bits per heavy atom. The van der Waals surface area contributed by atoms with Gasteiger partial charge < -0.3 is 15.0 Å². The zero-order chi connectivity index (χ0) is 20.4. The number of carbonyl (C=O) groups excluding carboxylic acids is 2. The number of urea groups is 1. The van der Waals surface area contributed by atoms with E-state index in [1.54, 1.807) is 4.90 Å². The minimum Gasteiger partial charge on any atom is -0.447 e. The van der Waals surface area contributed by atoms with Crippen molar-refractivity contribution in [3.63, 3.8) is 0 Å². The molecule has 2 heterocycles. The highest BCUT2D eigenvalue weighted by Gasteiger charge is 2.30. The molecule has 152 valence electrons. The van der Waals surface area contributed by atoms with Crippen molar-refractivity contribution in [1.29, 1.82) is 0 Å². The van der Waals surface area contributed by atoms with Crippen LogP contribution >= 0.6 is 0 Å². The smallest absolute Gasteiger partial charge is 0.414 e. The molecule has 1 atom stereocenters. The zero-order valence-electron chi connectivity index (χ0n) is 16.4. The number of benzene rings is 2. The van der Waals surface area contributed by atoms with E-state index >= 15 is 0 Å². The number of amides is 3. The van der Waals surface area contributed by atoms with Crippen LogP contribution in [0.1, 0.15) is 24.0 Å². The number of anilines is 2. The number of ether oxygens (including phenoxy) is 1. The van der Waals surface area contributed by atoms with Crippen LogP contribution in [0.15, 0.2) is 42.5 Å². The van der Waals surface area contributed by atoms with Crippen LogP contribution in [-0.2, 0) is 11.2 Å². The van der Waals surface area contributed by atoms with E-state index in [9.17, 15) is 14.0 Å². The standard InChI is InChI=1S/C22H24FN3O3/c1-15-4-6-16(7-5-15)13-17-3-2-10-25(17)21(27)24-20-14-18(8-9-19(20)23)26-11-12-29-22(26)28/h4-9,14,17H,2-3,10-13H2,1H3,(H,24,27). The molecule has 4 rings (SSSR count). The Labute approximate surface area is 169 Å². The van der Waals surface area contributed by atoms with Crippen molar-refractivity contribution in [2.45, 2.75) is 32.2 Å². The van der Waals surface area contributed by atoms with Gasteiger partial charge in [-0.2, -0.15) is 0 Å². The summed E-state index contributed by atoms with van der Waals surface area (Å²) >= 11 is 0. The number of hydrogen-bond donors (Lipinski definition) is 1. The van der Waals surface area contributed by atoms with Gasteiger partial charge in [0.05, 0.1) is 12.2 Å². The molecular weight excluding hydrogens is 373 g/mol. The normalized spacial score (nSPS) is 18.8. The lowest BCUT2D eigenvalue weighted by molar-refractivity contribution is 0.181. The zero-order valence-corrected chi connectivity index (χ0v) is 16.4. The summed E-state index contributed by atoms with van der Waals surface area (Å²) in [5, 5.41) is 2.69. The van der Waals surface area contributed by atoms with E-state index in [-0.39, 0.29) is 17.8 Å². The number of halogens is 1. The van der Waals surface area contributed by atoms with Crippen molar-refractivity contribution in [3.05, 3.63) is 59.4 Å². The second-order valence-corrected chi connectivity index (χ2v) is 7.54. The molecule has 7 heteroatoms. The summed E-state index contributed by atoms with van der Waals surface area (Å²) in [6.45, 7) is 3.39. The number of carbonyl (C=O) groups is 2. The molecule has 2 saturated heterocycles. The fraction of sp³-hybridized carbons (Fsp3) is 0.364. The summed E-state index contributed by atoms with van der Waals surface area (Å²) in [5.41, 5.74) is 2.95. The highest BCUT2D eigenvalue weighted by molar-refractivity contribution is 5.93. The van der Waals surface area contributed by atoms with Gasteiger partial charge in [0.1, 0.15) is 12.4 Å². The molecule has 29 heavy (non-hydrogen) atoms. The van der Waals surface area contributed by atoms with Crippen LogP contribution in [-0.4, -0.2) is 42.8 Å². The van der Waals surface area contributed by atoms with Crippen LogP contribution in [0.25, 0.3) is 0 Å². The summed E-state index contributed by atoms with van der Waals surface area (Å²) in [4.78, 5) is 27.8. The summed E-state index contributed by atoms with van der Waals surface area (Å²) in [5.74, 6) is -0.538. The predicted molar refractivity (Wildman–Crippen MR) is 109 cm³/mol. The van der Waals surface area contributed by atoms with Crippen molar-refractivity contribution in [2.75, 3.05) is 29.9 Å². The second-order valence-electron chi connectivity index (χ2n) is 7.54. The maximum Gasteiger partial charge on any atom is 0.414 e. The first kappa shape index (κ1) is 19.2. The lowest BCUT2D eigenvalue weighted by Crippen LogP contribution is -2.40. The van der Waals surface area contributed by atoms with Crippen molar-refractivity contribution in [2.24, 2.45) is 0 Å². The molecule has 0 bridgehead atoms. The van der Waals surface area contributed by atoms with Gasteiger partial charge in [0, 0.05) is 18.3 Å². The van der Waals surface area contributed by atoms with Crippen molar-refractivity contribution < 1.29 is 18.7 Å². The summed E-state index contributed by atoms with van der Waals surface area (Å²) in [6, 6.07) is 12.3. The Bertz CT molecular complexity index is 916. The van der Waals surface area contributed by atoms with E-state index in [2.05, 4.69) is 29.6 Å². The number of hydrogen-bond acceptors (Lipinski definition) is 3. The Hall–Kier alpha value is -3.09. The Morgan fingerprint density at radius 3 is 2.72 bits per heavy atom. The van der Waals surface area contributed by atoms with Crippen LogP contribution in [0.5, 0.6) is 0 Å². The third-order valence-corrected chi connectivity index (χ3v) is 5.49. The lowest BCUT2D eigenvalue weighted by atomic mass is 10.0. The van der Waals surface area contributed by atoms with Crippen molar-refractivity contribution in [1.82, 2.24) is 4.90 Å². The van der Waals surface area contributed by atoms with Gasteiger partial charge >= 0.3 is 12.1 Å². The van der Waals surface area contributed by atoms with E-state index in [0.29, 0.717) is 25.4 Å². The van der Waals surface area contributed by atoms with Crippen LogP contribution in [0, 0.1) is 12.7 Å². The largest absolute Gasteiger partial charge is 0.447 e. The Balaban J connectivity index is 1.46. The molecule has 0 spiro atoms. The van der Waals surface area contributed by atoms with Gasteiger partial charge in [-0.15, -0.1) is 0 Å². The second kappa shape index (κ2) is 8.11. The molecule has 1 N–H and O–H groups in total. The fourth-order valence-electron chi connectivity index (χ4n) is 3.90.